The van der Waals surface area contributed by atoms with Crippen LogP contribution in [-0.4, -0.2) is 47.4 Å². The van der Waals surface area contributed by atoms with Crippen LogP contribution in [0.3, 0.4) is 0 Å². The second-order valence-corrected chi connectivity index (χ2v) is 8.17. The van der Waals surface area contributed by atoms with Gasteiger partial charge in [-0.2, -0.15) is 0 Å². The largest absolute Gasteiger partial charge is 0.338 e. The summed E-state index contributed by atoms with van der Waals surface area (Å²) in [5.74, 6) is -0.00254. The van der Waals surface area contributed by atoms with E-state index in [4.69, 9.17) is 0 Å². The molecule has 0 spiro atoms. The Morgan fingerprint density at radius 1 is 1.25 bits per heavy atom. The van der Waals surface area contributed by atoms with Crippen LogP contribution < -0.4 is 5.32 Å². The molecule has 1 aromatic carbocycles. The van der Waals surface area contributed by atoms with Gasteiger partial charge in [-0.1, -0.05) is 37.3 Å². The van der Waals surface area contributed by atoms with Gasteiger partial charge in [0, 0.05) is 24.0 Å². The van der Waals surface area contributed by atoms with Crippen molar-refractivity contribution in [1.82, 2.24) is 15.1 Å². The first-order valence-electron chi connectivity index (χ1n) is 10.0. The molecule has 1 aliphatic heterocycles. The summed E-state index contributed by atoms with van der Waals surface area (Å²) in [6, 6.07) is 12.1. The van der Waals surface area contributed by atoms with E-state index in [-0.39, 0.29) is 30.6 Å². The number of carbonyl (C=O) groups is 2. The van der Waals surface area contributed by atoms with Gasteiger partial charge in [-0.15, -0.1) is 11.3 Å². The predicted molar refractivity (Wildman–Crippen MR) is 114 cm³/mol. The lowest BCUT2D eigenvalue weighted by Crippen LogP contribution is -2.51. The van der Waals surface area contributed by atoms with Gasteiger partial charge in [0.2, 0.25) is 5.91 Å². The number of hydrogen-bond acceptors (Lipinski definition) is 3. The number of benzene rings is 1. The number of urea groups is 1. The fraction of sp³-hybridized carbons (Fsp3) is 0.455. The summed E-state index contributed by atoms with van der Waals surface area (Å²) in [5, 5.41) is 4.95. The highest BCUT2D eigenvalue weighted by Crippen LogP contribution is 2.37. The van der Waals surface area contributed by atoms with Crippen LogP contribution in [0.5, 0.6) is 0 Å². The lowest BCUT2D eigenvalue weighted by molar-refractivity contribution is -0.134. The van der Waals surface area contributed by atoms with E-state index in [1.54, 1.807) is 16.2 Å². The number of thiophene rings is 1. The molecule has 0 saturated carbocycles. The van der Waals surface area contributed by atoms with Gasteiger partial charge in [-0.25, -0.2) is 4.79 Å². The highest BCUT2D eigenvalue weighted by molar-refractivity contribution is 7.10. The van der Waals surface area contributed by atoms with Crippen LogP contribution in [-0.2, 0) is 11.2 Å². The molecule has 3 amide bonds. The van der Waals surface area contributed by atoms with Gasteiger partial charge in [0.05, 0.1) is 6.04 Å². The van der Waals surface area contributed by atoms with Crippen molar-refractivity contribution in [2.45, 2.75) is 45.7 Å². The van der Waals surface area contributed by atoms with Gasteiger partial charge in [-0.3, -0.25) is 4.79 Å². The average Bonchev–Trinajstić information content (AvgIpc) is 3.20. The van der Waals surface area contributed by atoms with Crippen molar-refractivity contribution in [2.75, 3.05) is 19.6 Å². The molecule has 0 aliphatic carbocycles. The van der Waals surface area contributed by atoms with E-state index in [9.17, 15) is 9.59 Å². The Bertz CT molecular complexity index is 805. The van der Waals surface area contributed by atoms with Gasteiger partial charge < -0.3 is 15.1 Å². The van der Waals surface area contributed by atoms with Crippen LogP contribution in [0.15, 0.2) is 41.8 Å². The Balaban J connectivity index is 1.87. The van der Waals surface area contributed by atoms with Crippen LogP contribution in [0.2, 0.25) is 0 Å². The lowest BCUT2D eigenvalue weighted by atomic mass is 9.93. The third kappa shape index (κ3) is 4.22. The molecular formula is C22H29N3O2S. The normalized spacial score (nSPS) is 17.0. The van der Waals surface area contributed by atoms with E-state index in [0.29, 0.717) is 13.1 Å². The minimum Gasteiger partial charge on any atom is -0.338 e. The van der Waals surface area contributed by atoms with E-state index < -0.39 is 0 Å². The third-order valence-corrected chi connectivity index (χ3v) is 6.42. The van der Waals surface area contributed by atoms with Crippen LogP contribution in [0, 0.1) is 0 Å². The van der Waals surface area contributed by atoms with Crippen LogP contribution in [0.25, 0.3) is 0 Å². The van der Waals surface area contributed by atoms with Gasteiger partial charge in [0.25, 0.3) is 0 Å². The molecule has 1 aliphatic rings. The molecule has 0 saturated heterocycles. The minimum atomic E-state index is -0.172. The summed E-state index contributed by atoms with van der Waals surface area (Å²) in [7, 11) is 0. The Morgan fingerprint density at radius 2 is 2.00 bits per heavy atom. The zero-order valence-electron chi connectivity index (χ0n) is 16.9. The van der Waals surface area contributed by atoms with Crippen molar-refractivity contribution < 1.29 is 9.59 Å². The Hall–Kier alpha value is -2.34. The SMILES string of the molecule is CCNC(=O)N(CC(=O)N1CCc2sccc2[C@@H]1c1ccccc1)[C@H](C)CC. The summed E-state index contributed by atoms with van der Waals surface area (Å²) < 4.78 is 0. The van der Waals surface area contributed by atoms with Gasteiger partial charge in [0.1, 0.15) is 6.54 Å². The number of fused-ring (bicyclic) bond motifs is 1. The molecule has 0 fully saturated rings. The molecular weight excluding hydrogens is 370 g/mol. The van der Waals surface area contributed by atoms with Crippen molar-refractivity contribution >= 4 is 23.3 Å². The fourth-order valence-corrected chi connectivity index (χ4v) is 4.62. The monoisotopic (exact) mass is 399 g/mol. The maximum Gasteiger partial charge on any atom is 0.318 e. The summed E-state index contributed by atoms with van der Waals surface area (Å²) in [4.78, 5) is 30.8. The van der Waals surface area contributed by atoms with Gasteiger partial charge in [0.15, 0.2) is 0 Å². The molecule has 150 valence electrons. The first-order chi connectivity index (χ1) is 13.6. The molecule has 2 aromatic rings. The number of nitrogens with one attached hydrogen (secondary N) is 1. The maximum atomic E-state index is 13.4. The molecule has 28 heavy (non-hydrogen) atoms. The van der Waals surface area contributed by atoms with Crippen molar-refractivity contribution in [1.29, 1.82) is 0 Å². The summed E-state index contributed by atoms with van der Waals surface area (Å²) in [6.45, 7) is 7.24. The molecule has 1 N–H and O–H groups in total. The number of hydrogen-bond donors (Lipinski definition) is 1. The Kier molecular flexibility index (Phi) is 6.73. The van der Waals surface area contributed by atoms with E-state index >= 15 is 0 Å². The Labute approximate surface area is 171 Å². The van der Waals surface area contributed by atoms with Crippen molar-refractivity contribution in [3.05, 3.63) is 57.8 Å². The predicted octanol–water partition coefficient (Wildman–Crippen LogP) is 4.05. The van der Waals surface area contributed by atoms with Crippen LogP contribution >= 0.6 is 11.3 Å². The van der Waals surface area contributed by atoms with Gasteiger partial charge in [-0.05, 0) is 49.3 Å². The summed E-state index contributed by atoms with van der Waals surface area (Å²) in [6.07, 6.45) is 1.67. The molecule has 0 bridgehead atoms. The molecule has 5 nitrogen and oxygen atoms in total. The second-order valence-electron chi connectivity index (χ2n) is 7.17. The summed E-state index contributed by atoms with van der Waals surface area (Å²) >= 11 is 1.76. The number of amides is 3. The Morgan fingerprint density at radius 3 is 2.68 bits per heavy atom. The van der Waals surface area contributed by atoms with E-state index in [0.717, 1.165) is 18.4 Å². The lowest BCUT2D eigenvalue weighted by Gasteiger charge is -2.38. The zero-order chi connectivity index (χ0) is 20.1. The highest BCUT2D eigenvalue weighted by Gasteiger charge is 2.34. The minimum absolute atomic E-state index is 0.00254. The van der Waals surface area contributed by atoms with E-state index in [1.165, 1.54) is 10.4 Å². The number of nitrogens with zero attached hydrogens (tertiary/aromatic N) is 2. The van der Waals surface area contributed by atoms with Crippen molar-refractivity contribution in [3.8, 4) is 0 Å². The number of rotatable bonds is 6. The first kappa shape index (κ1) is 20.4. The molecule has 2 heterocycles. The standard InChI is InChI=1S/C22H29N3O2S/c1-4-16(3)25(22(27)23-5-2)15-20(26)24-13-11-19-18(12-14-28-19)21(24)17-9-7-6-8-10-17/h6-10,12,14,16,21H,4-5,11,13,15H2,1-3H3,(H,23,27)/t16-,21+/m1/s1. The van der Waals surface area contributed by atoms with Crippen molar-refractivity contribution in [2.24, 2.45) is 0 Å². The molecule has 2 atom stereocenters. The molecule has 0 unspecified atom stereocenters. The second kappa shape index (κ2) is 9.24. The third-order valence-electron chi connectivity index (χ3n) is 5.42. The molecule has 3 rings (SSSR count). The number of carbonyl (C=O) groups excluding carboxylic acids is 2. The highest BCUT2D eigenvalue weighted by atomic mass is 32.1. The smallest absolute Gasteiger partial charge is 0.318 e. The summed E-state index contributed by atoms with van der Waals surface area (Å²) in [5.41, 5.74) is 2.33. The molecule has 0 radical (unpaired) electrons. The topological polar surface area (TPSA) is 52.7 Å². The maximum absolute atomic E-state index is 13.4. The van der Waals surface area contributed by atoms with Gasteiger partial charge >= 0.3 is 6.03 Å². The molecule has 1 aromatic heterocycles. The average molecular weight is 400 g/mol. The quantitative estimate of drug-likeness (QED) is 0.797. The van der Waals surface area contributed by atoms with Crippen LogP contribution in [0.1, 0.15) is 49.2 Å². The fourth-order valence-electron chi connectivity index (χ4n) is 3.72. The van der Waals surface area contributed by atoms with Crippen molar-refractivity contribution in [3.63, 3.8) is 0 Å². The zero-order valence-corrected chi connectivity index (χ0v) is 17.7. The first-order valence-corrected chi connectivity index (χ1v) is 10.9. The van der Waals surface area contributed by atoms with E-state index in [1.807, 2.05) is 43.9 Å². The van der Waals surface area contributed by atoms with E-state index in [2.05, 4.69) is 28.9 Å². The van der Waals surface area contributed by atoms with Crippen LogP contribution in [0.4, 0.5) is 4.79 Å². The molecule has 6 heteroatoms.